The van der Waals surface area contributed by atoms with Crippen molar-refractivity contribution in [2.45, 2.75) is 0 Å². The largest absolute Gasteiger partial charge is 0.478 e. The van der Waals surface area contributed by atoms with Crippen LogP contribution < -0.4 is 16.6 Å². The van der Waals surface area contributed by atoms with Crippen molar-refractivity contribution in [3.8, 4) is 0 Å². The van der Waals surface area contributed by atoms with Gasteiger partial charge >= 0.3 is 5.97 Å². The smallest absolute Gasteiger partial charge is 0.335 e. The van der Waals surface area contributed by atoms with Gasteiger partial charge in [0, 0.05) is 12.3 Å². The lowest BCUT2D eigenvalue weighted by Gasteiger charge is -2.08. The van der Waals surface area contributed by atoms with Crippen molar-refractivity contribution < 1.29 is 14.7 Å². The van der Waals surface area contributed by atoms with E-state index in [2.05, 4.69) is 10.3 Å². The molecule has 1 amide bonds. The molecular formula is C13H11N3O4. The zero-order valence-corrected chi connectivity index (χ0v) is 10.2. The van der Waals surface area contributed by atoms with Crippen LogP contribution in [0.25, 0.3) is 0 Å². The molecule has 0 fully saturated rings. The van der Waals surface area contributed by atoms with Crippen molar-refractivity contribution in [1.82, 2.24) is 4.98 Å². The number of aromatic carboxylic acids is 1. The van der Waals surface area contributed by atoms with Crippen LogP contribution >= 0.6 is 0 Å². The Bertz CT molecular complexity index is 716. The van der Waals surface area contributed by atoms with E-state index < -0.39 is 11.9 Å². The van der Waals surface area contributed by atoms with E-state index in [-0.39, 0.29) is 22.4 Å². The molecule has 2 rings (SSSR count). The Morgan fingerprint density at radius 1 is 1.15 bits per heavy atom. The Morgan fingerprint density at radius 3 is 2.40 bits per heavy atom. The highest BCUT2D eigenvalue weighted by Gasteiger charge is 2.10. The van der Waals surface area contributed by atoms with Crippen LogP contribution in [0.15, 0.2) is 41.3 Å². The second-order valence-corrected chi connectivity index (χ2v) is 4.00. The molecule has 0 aliphatic rings. The lowest BCUT2D eigenvalue weighted by Crippen LogP contribution is -2.15. The molecule has 7 nitrogen and oxygen atoms in total. The van der Waals surface area contributed by atoms with Crippen molar-refractivity contribution in [1.29, 1.82) is 0 Å². The molecule has 0 unspecified atom stereocenters. The number of carboxylic acids is 1. The number of hydrogen-bond acceptors (Lipinski definition) is 4. The minimum Gasteiger partial charge on any atom is -0.478 e. The van der Waals surface area contributed by atoms with Gasteiger partial charge in [0.05, 0.1) is 22.5 Å². The van der Waals surface area contributed by atoms with Crippen molar-refractivity contribution in [3.05, 3.63) is 58.0 Å². The summed E-state index contributed by atoms with van der Waals surface area (Å²) in [5.41, 5.74) is 6.09. The van der Waals surface area contributed by atoms with Crippen LogP contribution in [0.5, 0.6) is 0 Å². The average molecular weight is 273 g/mol. The molecular weight excluding hydrogens is 262 g/mol. The Hall–Kier alpha value is -3.09. The number of nitrogens with one attached hydrogen (secondary N) is 2. The summed E-state index contributed by atoms with van der Waals surface area (Å²) in [6.45, 7) is 0. The Labute approximate surface area is 113 Å². The molecule has 20 heavy (non-hydrogen) atoms. The van der Waals surface area contributed by atoms with Crippen molar-refractivity contribution in [2.24, 2.45) is 0 Å². The number of amides is 1. The first-order valence-corrected chi connectivity index (χ1v) is 5.60. The van der Waals surface area contributed by atoms with Gasteiger partial charge in [-0.15, -0.1) is 0 Å². The van der Waals surface area contributed by atoms with E-state index in [1.807, 2.05) is 0 Å². The predicted molar refractivity (Wildman–Crippen MR) is 72.8 cm³/mol. The highest BCUT2D eigenvalue weighted by molar-refractivity contribution is 6.06. The van der Waals surface area contributed by atoms with E-state index in [9.17, 15) is 14.4 Å². The Balaban J connectivity index is 2.21. The number of hydrogen-bond donors (Lipinski definition) is 4. The number of benzene rings is 1. The average Bonchev–Trinajstić information content (AvgIpc) is 2.41. The van der Waals surface area contributed by atoms with Gasteiger partial charge in [-0.25, -0.2) is 4.79 Å². The summed E-state index contributed by atoms with van der Waals surface area (Å²) < 4.78 is 0. The van der Waals surface area contributed by atoms with Crippen LogP contribution in [0.3, 0.4) is 0 Å². The van der Waals surface area contributed by atoms with Gasteiger partial charge in [0.25, 0.3) is 5.91 Å². The number of H-pyrrole nitrogens is 1. The highest BCUT2D eigenvalue weighted by atomic mass is 16.4. The molecule has 0 radical (unpaired) electrons. The standard InChI is InChI=1S/C13H11N3O4/c14-9-5-7(13(19)20)1-3-10(9)16-12(18)8-2-4-11(17)15-6-8/h1-6H,14H2,(H,15,17)(H,16,18)(H,19,20). The number of pyridine rings is 1. The molecule has 2 aromatic rings. The third-order valence-corrected chi connectivity index (χ3v) is 2.59. The van der Waals surface area contributed by atoms with Gasteiger partial charge in [-0.3, -0.25) is 9.59 Å². The number of aromatic amines is 1. The minimum absolute atomic E-state index is 0.0320. The first-order valence-electron chi connectivity index (χ1n) is 5.60. The van der Waals surface area contributed by atoms with E-state index >= 15 is 0 Å². The fourth-order valence-electron chi connectivity index (χ4n) is 1.56. The summed E-state index contributed by atoms with van der Waals surface area (Å²) in [6, 6.07) is 6.59. The minimum atomic E-state index is -1.10. The van der Waals surface area contributed by atoms with Gasteiger partial charge in [0.1, 0.15) is 0 Å². The molecule has 102 valence electrons. The summed E-state index contributed by atoms with van der Waals surface area (Å²) in [7, 11) is 0. The zero-order chi connectivity index (χ0) is 14.7. The first-order chi connectivity index (χ1) is 9.47. The molecule has 5 N–H and O–H groups in total. The maximum absolute atomic E-state index is 11.9. The van der Waals surface area contributed by atoms with E-state index in [0.29, 0.717) is 5.69 Å². The summed E-state index contributed by atoms with van der Waals surface area (Å²) >= 11 is 0. The molecule has 0 bridgehead atoms. The Kier molecular flexibility index (Phi) is 3.52. The van der Waals surface area contributed by atoms with Crippen molar-refractivity contribution in [3.63, 3.8) is 0 Å². The number of carbonyl (C=O) groups excluding carboxylic acids is 1. The quantitative estimate of drug-likeness (QED) is 0.618. The number of nitrogen functional groups attached to an aromatic ring is 1. The zero-order valence-electron chi connectivity index (χ0n) is 10.2. The Morgan fingerprint density at radius 2 is 1.85 bits per heavy atom. The van der Waals surface area contributed by atoms with Crippen LogP contribution in [0, 0.1) is 0 Å². The van der Waals surface area contributed by atoms with Crippen molar-refractivity contribution >= 4 is 23.3 Å². The fourth-order valence-corrected chi connectivity index (χ4v) is 1.56. The fraction of sp³-hybridized carbons (Fsp3) is 0. The highest BCUT2D eigenvalue weighted by Crippen LogP contribution is 2.20. The number of aromatic nitrogens is 1. The second-order valence-electron chi connectivity index (χ2n) is 4.00. The van der Waals surface area contributed by atoms with Gasteiger partial charge in [-0.05, 0) is 24.3 Å². The van der Waals surface area contributed by atoms with Crippen LogP contribution in [-0.2, 0) is 0 Å². The summed E-state index contributed by atoms with van der Waals surface area (Å²) in [5.74, 6) is -1.56. The number of nitrogens with two attached hydrogens (primary N) is 1. The van der Waals surface area contributed by atoms with E-state index in [1.54, 1.807) is 0 Å². The summed E-state index contributed by atoms with van der Waals surface area (Å²) in [5, 5.41) is 11.3. The molecule has 1 aromatic heterocycles. The molecule has 0 spiro atoms. The van der Waals surface area contributed by atoms with Gasteiger partial charge in [-0.2, -0.15) is 0 Å². The van der Waals surface area contributed by atoms with Gasteiger partial charge in [-0.1, -0.05) is 0 Å². The molecule has 0 aliphatic heterocycles. The lowest BCUT2D eigenvalue weighted by atomic mass is 10.1. The predicted octanol–water partition coefficient (Wildman–Crippen LogP) is 0.908. The SMILES string of the molecule is Nc1cc(C(=O)O)ccc1NC(=O)c1ccc(=O)[nH]c1. The molecule has 7 heteroatoms. The molecule has 1 aromatic carbocycles. The maximum Gasteiger partial charge on any atom is 0.335 e. The van der Waals surface area contributed by atoms with Crippen LogP contribution in [0.1, 0.15) is 20.7 Å². The molecule has 0 aliphatic carbocycles. The van der Waals surface area contributed by atoms with Gasteiger partial charge in [0.2, 0.25) is 5.56 Å². The third-order valence-electron chi connectivity index (χ3n) is 2.59. The van der Waals surface area contributed by atoms with Crippen LogP contribution in [0.4, 0.5) is 11.4 Å². The van der Waals surface area contributed by atoms with Gasteiger partial charge in [0.15, 0.2) is 0 Å². The van der Waals surface area contributed by atoms with Crippen molar-refractivity contribution in [2.75, 3.05) is 11.1 Å². The summed E-state index contributed by atoms with van der Waals surface area (Å²) in [6.07, 6.45) is 1.28. The molecule has 0 saturated carbocycles. The maximum atomic E-state index is 11.9. The monoisotopic (exact) mass is 273 g/mol. The number of rotatable bonds is 3. The van der Waals surface area contributed by atoms with Crippen LogP contribution in [-0.4, -0.2) is 22.0 Å². The number of carbonyl (C=O) groups is 2. The topological polar surface area (TPSA) is 125 Å². The third kappa shape index (κ3) is 2.83. The van der Waals surface area contributed by atoms with E-state index in [4.69, 9.17) is 10.8 Å². The second kappa shape index (κ2) is 5.27. The number of carboxylic acid groups (broad SMARTS) is 1. The molecule has 0 atom stereocenters. The first kappa shape index (κ1) is 13.3. The lowest BCUT2D eigenvalue weighted by molar-refractivity contribution is 0.0697. The van der Waals surface area contributed by atoms with Gasteiger partial charge < -0.3 is 21.1 Å². The van der Waals surface area contributed by atoms with E-state index in [0.717, 1.165) is 0 Å². The normalized spacial score (nSPS) is 10.0. The van der Waals surface area contributed by atoms with E-state index in [1.165, 1.54) is 36.5 Å². The summed E-state index contributed by atoms with van der Waals surface area (Å²) in [4.78, 5) is 35.9. The number of anilines is 2. The molecule has 1 heterocycles. The van der Waals surface area contributed by atoms with Crippen LogP contribution in [0.2, 0.25) is 0 Å². The molecule has 0 saturated heterocycles.